The van der Waals surface area contributed by atoms with Crippen molar-refractivity contribution in [3.8, 4) is 11.1 Å². The van der Waals surface area contributed by atoms with Gasteiger partial charge in [-0.05, 0) is 47.5 Å². The number of benzene rings is 2. The highest BCUT2D eigenvalue weighted by Gasteiger charge is 2.16. The monoisotopic (exact) mass is 511 g/mol. The summed E-state index contributed by atoms with van der Waals surface area (Å²) < 4.78 is 3.21. The fourth-order valence-corrected chi connectivity index (χ4v) is 4.01. The third-order valence-electron chi connectivity index (χ3n) is 5.21. The summed E-state index contributed by atoms with van der Waals surface area (Å²) in [6.07, 6.45) is 3.42. The van der Waals surface area contributed by atoms with Crippen LogP contribution in [-0.4, -0.2) is 24.5 Å². The second-order valence-electron chi connectivity index (χ2n) is 7.56. The van der Waals surface area contributed by atoms with Gasteiger partial charge in [0, 0.05) is 42.0 Å². The largest absolute Gasteiger partial charge is 0.310 e. The minimum atomic E-state index is -0.439. The van der Waals surface area contributed by atoms with Crippen LogP contribution >= 0.6 is 34.8 Å². The molecule has 0 fully saturated rings. The Hall–Kier alpha value is -3.19. The molecule has 0 aliphatic rings. The lowest BCUT2D eigenvalue weighted by atomic mass is 10.0. The van der Waals surface area contributed by atoms with Crippen molar-refractivity contribution in [2.45, 2.75) is 5.38 Å². The second kappa shape index (κ2) is 10.4. The molecule has 3 heterocycles. The van der Waals surface area contributed by atoms with E-state index in [0.29, 0.717) is 21.3 Å². The van der Waals surface area contributed by atoms with Crippen molar-refractivity contribution in [1.29, 1.82) is 0 Å². The molecule has 0 aliphatic heterocycles. The predicted octanol–water partition coefficient (Wildman–Crippen LogP) is 6.05. The lowest BCUT2D eigenvalue weighted by molar-refractivity contribution is 0.715. The van der Waals surface area contributed by atoms with Crippen LogP contribution in [0, 0.1) is 0 Å². The zero-order valence-corrected chi connectivity index (χ0v) is 20.6. The van der Waals surface area contributed by atoms with Crippen molar-refractivity contribution >= 4 is 45.8 Å². The number of fused-ring (bicyclic) bond motifs is 1. The molecule has 0 saturated heterocycles. The topological polar surface area (TPSA) is 65.6 Å². The van der Waals surface area contributed by atoms with E-state index in [9.17, 15) is 4.79 Å². The molecule has 6 nitrogen and oxygen atoms in total. The molecule has 0 aliphatic carbocycles. The van der Waals surface area contributed by atoms with Crippen molar-refractivity contribution in [2.75, 3.05) is 0 Å². The van der Waals surface area contributed by atoms with Crippen LogP contribution in [0.4, 0.5) is 0 Å². The third kappa shape index (κ3) is 5.30. The number of rotatable bonds is 3. The zero-order chi connectivity index (χ0) is 24.2. The van der Waals surface area contributed by atoms with Crippen LogP contribution in [-0.2, 0) is 14.1 Å². The molecule has 0 bridgehead atoms. The Bertz CT molecular complexity index is 1480. The van der Waals surface area contributed by atoms with Crippen LogP contribution in [0.25, 0.3) is 22.2 Å². The number of alkyl halides is 1. The Balaban J connectivity index is 0.000000398. The Morgan fingerprint density at radius 2 is 1.68 bits per heavy atom. The van der Waals surface area contributed by atoms with Crippen LogP contribution in [0.5, 0.6) is 0 Å². The van der Waals surface area contributed by atoms with E-state index in [1.54, 1.807) is 53.0 Å². The molecule has 172 valence electrons. The van der Waals surface area contributed by atoms with Gasteiger partial charge in [0.15, 0.2) is 0 Å². The third-order valence-corrected chi connectivity index (χ3v) is 6.17. The maximum atomic E-state index is 12.4. The van der Waals surface area contributed by atoms with Gasteiger partial charge >= 0.3 is 0 Å². The van der Waals surface area contributed by atoms with Crippen molar-refractivity contribution in [3.63, 3.8) is 0 Å². The number of aryl methyl sites for hydroxylation is 2. The predicted molar refractivity (Wildman–Crippen MR) is 138 cm³/mol. The van der Waals surface area contributed by atoms with Gasteiger partial charge in [-0.3, -0.25) is 9.48 Å². The van der Waals surface area contributed by atoms with Gasteiger partial charge in [0.25, 0.3) is 5.56 Å². The fraction of sp³-hybridized carbons (Fsp3) is 0.120. The summed E-state index contributed by atoms with van der Waals surface area (Å²) in [5.74, 6) is 0. The number of hydrogen-bond acceptors (Lipinski definition) is 4. The van der Waals surface area contributed by atoms with Gasteiger partial charge in [0.1, 0.15) is 5.38 Å². The molecule has 9 heteroatoms. The molecule has 2 aromatic carbocycles. The maximum absolute atomic E-state index is 12.4. The summed E-state index contributed by atoms with van der Waals surface area (Å²) in [5, 5.41) is 7.93. The van der Waals surface area contributed by atoms with Gasteiger partial charge in [-0.25, -0.2) is 4.98 Å². The standard InChI is InChI=1S/C22H15Cl3N2O.C3H5N3/c1-27-19-10-9-18(21(25)13-5-7-15(23)8-6-13)26-22(19)17(12-20(27)28)14-3-2-4-16(24)11-14;1-6-3-2-4-5-6/h2-12,21H,1H3;2-3H,1H3. The highest BCUT2D eigenvalue weighted by molar-refractivity contribution is 6.31. The van der Waals surface area contributed by atoms with Gasteiger partial charge in [0.05, 0.1) is 22.9 Å². The molecule has 0 spiro atoms. The molecule has 34 heavy (non-hydrogen) atoms. The Labute approximate surface area is 211 Å². The first-order valence-electron chi connectivity index (χ1n) is 10.3. The Morgan fingerprint density at radius 3 is 2.29 bits per heavy atom. The van der Waals surface area contributed by atoms with Gasteiger partial charge in [0.2, 0.25) is 0 Å². The van der Waals surface area contributed by atoms with Gasteiger partial charge in [-0.2, -0.15) is 0 Å². The average molecular weight is 513 g/mol. The van der Waals surface area contributed by atoms with Crippen molar-refractivity contribution in [2.24, 2.45) is 14.1 Å². The molecule has 1 atom stereocenters. The van der Waals surface area contributed by atoms with E-state index in [2.05, 4.69) is 10.3 Å². The molecule has 1 unspecified atom stereocenters. The first-order valence-corrected chi connectivity index (χ1v) is 11.5. The Morgan fingerprint density at radius 1 is 0.912 bits per heavy atom. The van der Waals surface area contributed by atoms with Crippen LogP contribution in [0.3, 0.4) is 0 Å². The second-order valence-corrected chi connectivity index (χ2v) is 8.87. The number of nitrogens with zero attached hydrogens (tertiary/aromatic N) is 5. The van der Waals surface area contributed by atoms with E-state index in [0.717, 1.165) is 22.2 Å². The van der Waals surface area contributed by atoms with Gasteiger partial charge in [-0.1, -0.05) is 52.7 Å². The lowest BCUT2D eigenvalue weighted by Gasteiger charge is -2.14. The summed E-state index contributed by atoms with van der Waals surface area (Å²) >= 11 is 18.8. The van der Waals surface area contributed by atoms with Crippen LogP contribution in [0.15, 0.2) is 83.9 Å². The number of aromatic nitrogens is 5. The maximum Gasteiger partial charge on any atom is 0.251 e. The summed E-state index contributed by atoms with van der Waals surface area (Å²) in [5.41, 5.74) is 4.45. The normalized spacial score (nSPS) is 11.7. The highest BCUT2D eigenvalue weighted by Crippen LogP contribution is 2.32. The fourth-order valence-electron chi connectivity index (χ4n) is 3.43. The number of pyridine rings is 2. The molecule has 0 saturated carbocycles. The molecule has 3 aromatic heterocycles. The minimum absolute atomic E-state index is 0.114. The summed E-state index contributed by atoms with van der Waals surface area (Å²) in [7, 11) is 3.55. The van der Waals surface area contributed by atoms with Crippen LogP contribution in [0.1, 0.15) is 16.6 Å². The Kier molecular flexibility index (Phi) is 7.32. The number of halogens is 3. The van der Waals surface area contributed by atoms with E-state index < -0.39 is 5.38 Å². The first-order chi connectivity index (χ1) is 16.3. The summed E-state index contributed by atoms with van der Waals surface area (Å²) in [6.45, 7) is 0. The van der Waals surface area contributed by atoms with E-state index in [4.69, 9.17) is 39.8 Å². The minimum Gasteiger partial charge on any atom is -0.310 e. The van der Waals surface area contributed by atoms with Crippen molar-refractivity contribution in [3.05, 3.63) is 111 Å². The molecule has 0 amide bonds. The average Bonchev–Trinajstić information content (AvgIpc) is 3.32. The van der Waals surface area contributed by atoms with Crippen LogP contribution in [0.2, 0.25) is 10.0 Å². The SMILES string of the molecule is Cn1c(=O)cc(-c2cccc(Cl)c2)c2nc(C(Cl)c3ccc(Cl)cc3)ccc21.Cn1ccnn1. The summed E-state index contributed by atoms with van der Waals surface area (Å²) in [4.78, 5) is 17.3. The molecular formula is C25H20Cl3N5O. The van der Waals surface area contributed by atoms with Crippen molar-refractivity contribution in [1.82, 2.24) is 24.5 Å². The molecule has 5 rings (SSSR count). The lowest BCUT2D eigenvalue weighted by Crippen LogP contribution is -2.17. The zero-order valence-electron chi connectivity index (χ0n) is 18.4. The van der Waals surface area contributed by atoms with E-state index in [-0.39, 0.29) is 5.56 Å². The summed E-state index contributed by atoms with van der Waals surface area (Å²) in [6, 6.07) is 20.0. The van der Waals surface area contributed by atoms with Gasteiger partial charge < -0.3 is 4.57 Å². The van der Waals surface area contributed by atoms with E-state index >= 15 is 0 Å². The van der Waals surface area contributed by atoms with Crippen molar-refractivity contribution < 1.29 is 0 Å². The smallest absolute Gasteiger partial charge is 0.251 e. The molecule has 5 aromatic rings. The first kappa shape index (κ1) is 24.0. The number of hydrogen-bond donors (Lipinski definition) is 0. The molecular weight excluding hydrogens is 493 g/mol. The van der Waals surface area contributed by atoms with E-state index in [1.807, 2.05) is 49.5 Å². The molecule has 0 N–H and O–H groups in total. The highest BCUT2D eigenvalue weighted by atomic mass is 35.5. The quantitative estimate of drug-likeness (QED) is 0.276. The van der Waals surface area contributed by atoms with E-state index in [1.165, 1.54) is 0 Å². The van der Waals surface area contributed by atoms with Gasteiger partial charge in [-0.15, -0.1) is 16.7 Å². The molecule has 0 radical (unpaired) electrons. The van der Waals surface area contributed by atoms with Crippen LogP contribution < -0.4 is 5.56 Å².